The van der Waals surface area contributed by atoms with Crippen molar-refractivity contribution in [3.05, 3.63) is 23.2 Å². The zero-order chi connectivity index (χ0) is 10.0. The number of furan rings is 1. The van der Waals surface area contributed by atoms with Crippen LogP contribution < -0.4 is 5.73 Å². The molecule has 4 nitrogen and oxygen atoms in total. The molecule has 2 N–H and O–H groups in total. The third-order valence-corrected chi connectivity index (χ3v) is 2.05. The number of hydrogen-bond donors (Lipinski definition) is 1. The molecule has 1 aromatic heterocycles. The molecule has 1 rings (SSSR count). The van der Waals surface area contributed by atoms with Crippen molar-refractivity contribution >= 4 is 27.6 Å². The van der Waals surface area contributed by atoms with Crippen molar-refractivity contribution in [2.24, 2.45) is 5.73 Å². The second-order valence-electron chi connectivity index (χ2n) is 2.54. The molecule has 0 spiro atoms. The first-order chi connectivity index (χ1) is 6.06. The summed E-state index contributed by atoms with van der Waals surface area (Å²) in [6.07, 6.45) is 0. The van der Waals surface area contributed by atoms with E-state index >= 15 is 0 Å². The Morgan fingerprint density at radius 1 is 1.62 bits per heavy atom. The number of rotatable bonds is 3. The highest BCUT2D eigenvalue weighted by Crippen LogP contribution is 2.14. The molecular weight excluding hydrogens is 238 g/mol. The Balaban J connectivity index is 3.09. The Hall–Kier alpha value is -1.10. The molecule has 1 amide bonds. The van der Waals surface area contributed by atoms with Crippen LogP contribution in [0.15, 0.2) is 10.5 Å². The van der Waals surface area contributed by atoms with E-state index in [0.29, 0.717) is 5.56 Å². The van der Waals surface area contributed by atoms with Crippen LogP contribution >= 0.6 is 15.9 Å². The summed E-state index contributed by atoms with van der Waals surface area (Å²) in [5.41, 5.74) is 5.59. The average Bonchev–Trinajstić information content (AvgIpc) is 2.46. The fourth-order valence-electron chi connectivity index (χ4n) is 0.930. The number of aryl methyl sites for hydroxylation is 1. The molecule has 5 heteroatoms. The maximum absolute atomic E-state index is 11.1. The monoisotopic (exact) mass is 245 g/mol. The van der Waals surface area contributed by atoms with E-state index in [4.69, 9.17) is 10.2 Å². The highest BCUT2D eigenvalue weighted by molar-refractivity contribution is 9.09. The number of carbonyl (C=O) groups excluding carboxylic acids is 2. The second kappa shape index (κ2) is 3.74. The standard InChI is InChI=1S/C8H8BrNO3/c1-4-2-6(5(11)3-9)13-7(4)8(10)12/h2H,3H2,1H3,(H2,10,12). The minimum Gasteiger partial charge on any atom is -0.448 e. The Labute approximate surface area is 83.2 Å². The Morgan fingerprint density at radius 2 is 2.23 bits per heavy atom. The molecule has 0 fully saturated rings. The smallest absolute Gasteiger partial charge is 0.284 e. The molecule has 0 bridgehead atoms. The zero-order valence-electron chi connectivity index (χ0n) is 6.96. The molecule has 0 saturated carbocycles. The molecule has 0 aromatic carbocycles. The highest BCUT2D eigenvalue weighted by atomic mass is 79.9. The SMILES string of the molecule is Cc1cc(C(=O)CBr)oc1C(N)=O. The summed E-state index contributed by atoms with van der Waals surface area (Å²) in [4.78, 5) is 21.9. The summed E-state index contributed by atoms with van der Waals surface area (Å²) in [7, 11) is 0. The van der Waals surface area contributed by atoms with Crippen molar-refractivity contribution in [3.8, 4) is 0 Å². The normalized spacial score (nSPS) is 10.0. The fourth-order valence-corrected chi connectivity index (χ4v) is 1.21. The van der Waals surface area contributed by atoms with E-state index in [1.807, 2.05) is 0 Å². The van der Waals surface area contributed by atoms with E-state index in [1.165, 1.54) is 6.07 Å². The van der Waals surface area contributed by atoms with Gasteiger partial charge in [0.2, 0.25) is 5.78 Å². The van der Waals surface area contributed by atoms with Crippen LogP contribution in [0.25, 0.3) is 0 Å². The van der Waals surface area contributed by atoms with Crippen LogP contribution in [0.4, 0.5) is 0 Å². The number of Topliss-reactive ketones (excluding diaryl/α,β-unsaturated/α-hetero) is 1. The van der Waals surface area contributed by atoms with E-state index in [9.17, 15) is 9.59 Å². The second-order valence-corrected chi connectivity index (χ2v) is 3.10. The van der Waals surface area contributed by atoms with E-state index in [2.05, 4.69) is 15.9 Å². The highest BCUT2D eigenvalue weighted by Gasteiger charge is 2.16. The van der Waals surface area contributed by atoms with Gasteiger partial charge in [-0.25, -0.2) is 0 Å². The van der Waals surface area contributed by atoms with Crippen LogP contribution in [0, 0.1) is 6.92 Å². The number of halogens is 1. The van der Waals surface area contributed by atoms with Gasteiger partial charge in [-0.1, -0.05) is 15.9 Å². The van der Waals surface area contributed by atoms with Gasteiger partial charge in [-0.05, 0) is 13.0 Å². The molecular formula is C8H8BrNO3. The maximum atomic E-state index is 11.1. The number of ketones is 1. The first kappa shape index (κ1) is 9.98. The first-order valence-corrected chi connectivity index (χ1v) is 4.67. The van der Waals surface area contributed by atoms with Gasteiger partial charge in [0, 0.05) is 5.56 Å². The van der Waals surface area contributed by atoms with Crippen LogP contribution in [0.5, 0.6) is 0 Å². The first-order valence-electron chi connectivity index (χ1n) is 3.55. The lowest BCUT2D eigenvalue weighted by atomic mass is 10.2. The predicted octanol–water partition coefficient (Wildman–Crippen LogP) is 1.26. The van der Waals surface area contributed by atoms with E-state index < -0.39 is 5.91 Å². The molecule has 0 aliphatic heterocycles. The van der Waals surface area contributed by atoms with Gasteiger partial charge < -0.3 is 10.2 Å². The largest absolute Gasteiger partial charge is 0.448 e. The number of nitrogens with two attached hydrogens (primary N) is 1. The average molecular weight is 246 g/mol. The number of carbonyl (C=O) groups is 2. The Morgan fingerprint density at radius 3 is 2.62 bits per heavy atom. The van der Waals surface area contributed by atoms with Crippen LogP contribution in [-0.4, -0.2) is 17.0 Å². The van der Waals surface area contributed by atoms with Gasteiger partial charge in [0.05, 0.1) is 5.33 Å². The summed E-state index contributed by atoms with van der Waals surface area (Å²) in [5, 5.41) is 0.165. The lowest BCUT2D eigenvalue weighted by Crippen LogP contribution is -2.10. The minimum absolute atomic E-state index is 0.0456. The maximum Gasteiger partial charge on any atom is 0.284 e. The van der Waals surface area contributed by atoms with Crippen LogP contribution in [0.1, 0.15) is 26.7 Å². The van der Waals surface area contributed by atoms with Gasteiger partial charge in [0.25, 0.3) is 5.91 Å². The minimum atomic E-state index is -0.661. The summed E-state index contributed by atoms with van der Waals surface area (Å²) in [6, 6.07) is 1.50. The summed E-state index contributed by atoms with van der Waals surface area (Å²) in [6.45, 7) is 1.66. The topological polar surface area (TPSA) is 73.3 Å². The lowest BCUT2D eigenvalue weighted by Gasteiger charge is -1.89. The van der Waals surface area contributed by atoms with Crippen molar-refractivity contribution < 1.29 is 14.0 Å². The zero-order valence-corrected chi connectivity index (χ0v) is 8.55. The van der Waals surface area contributed by atoms with Crippen LogP contribution in [0.3, 0.4) is 0 Å². The van der Waals surface area contributed by atoms with Gasteiger partial charge in [0.15, 0.2) is 11.5 Å². The van der Waals surface area contributed by atoms with Crippen molar-refractivity contribution in [3.63, 3.8) is 0 Å². The van der Waals surface area contributed by atoms with Crippen molar-refractivity contribution in [1.29, 1.82) is 0 Å². The molecule has 1 aromatic rings. The number of amides is 1. The molecule has 70 valence electrons. The summed E-state index contributed by atoms with van der Waals surface area (Å²) in [5.74, 6) is -0.672. The number of hydrogen-bond acceptors (Lipinski definition) is 3. The Kier molecular flexibility index (Phi) is 2.87. The predicted molar refractivity (Wildman–Crippen MR) is 50.1 cm³/mol. The quantitative estimate of drug-likeness (QED) is 0.644. The van der Waals surface area contributed by atoms with Crippen LogP contribution in [-0.2, 0) is 0 Å². The van der Waals surface area contributed by atoms with Crippen molar-refractivity contribution in [2.45, 2.75) is 6.92 Å². The molecule has 0 atom stereocenters. The van der Waals surface area contributed by atoms with Gasteiger partial charge in [-0.3, -0.25) is 9.59 Å². The van der Waals surface area contributed by atoms with Gasteiger partial charge in [0.1, 0.15) is 0 Å². The lowest BCUT2D eigenvalue weighted by molar-refractivity contribution is 0.0958. The van der Waals surface area contributed by atoms with Crippen molar-refractivity contribution in [2.75, 3.05) is 5.33 Å². The summed E-state index contributed by atoms with van der Waals surface area (Å²) >= 11 is 3.00. The van der Waals surface area contributed by atoms with Gasteiger partial charge >= 0.3 is 0 Å². The molecule has 0 radical (unpaired) electrons. The molecule has 13 heavy (non-hydrogen) atoms. The molecule has 1 heterocycles. The van der Waals surface area contributed by atoms with Crippen molar-refractivity contribution in [1.82, 2.24) is 0 Å². The third-order valence-electron chi connectivity index (χ3n) is 1.54. The summed E-state index contributed by atoms with van der Waals surface area (Å²) < 4.78 is 4.97. The molecule has 0 aliphatic carbocycles. The fraction of sp³-hybridized carbons (Fsp3) is 0.250. The van der Waals surface area contributed by atoms with Gasteiger partial charge in [-0.15, -0.1) is 0 Å². The molecule has 0 aliphatic rings. The van der Waals surface area contributed by atoms with E-state index in [-0.39, 0.29) is 22.6 Å². The molecule has 0 unspecified atom stereocenters. The van der Waals surface area contributed by atoms with E-state index in [0.717, 1.165) is 0 Å². The van der Waals surface area contributed by atoms with Gasteiger partial charge in [-0.2, -0.15) is 0 Å². The van der Waals surface area contributed by atoms with Crippen LogP contribution in [0.2, 0.25) is 0 Å². The van der Waals surface area contributed by atoms with E-state index in [1.54, 1.807) is 6.92 Å². The number of primary amides is 1. The third kappa shape index (κ3) is 1.98. The Bertz CT molecular complexity index is 356. The molecule has 0 saturated heterocycles. The number of alkyl halides is 1.